The zero-order valence-electron chi connectivity index (χ0n) is 21.2. The molecule has 0 amide bonds. The summed E-state index contributed by atoms with van der Waals surface area (Å²) in [4.78, 5) is 27.1. The second-order valence-electron chi connectivity index (χ2n) is 9.81. The molecule has 0 aliphatic heterocycles. The van der Waals surface area contributed by atoms with Crippen molar-refractivity contribution in [1.29, 1.82) is 0 Å². The molecule has 0 saturated heterocycles. The van der Waals surface area contributed by atoms with Gasteiger partial charge < -0.3 is 4.74 Å². The van der Waals surface area contributed by atoms with Gasteiger partial charge in [0.1, 0.15) is 24.1 Å². The molecule has 0 spiro atoms. The highest BCUT2D eigenvalue weighted by atomic mass is 35.5. The molecule has 0 bridgehead atoms. The average Bonchev–Trinajstić information content (AvgIpc) is 2.82. The van der Waals surface area contributed by atoms with Crippen LogP contribution < -0.4 is 10.3 Å². The first-order chi connectivity index (χ1) is 17.0. The number of rotatable bonds is 5. The van der Waals surface area contributed by atoms with Crippen LogP contribution in [0.2, 0.25) is 5.02 Å². The Morgan fingerprint density at radius 1 is 1.00 bits per heavy atom. The molecular weight excluding hydrogens is 479 g/mol. The Morgan fingerprint density at radius 3 is 2.36 bits per heavy atom. The van der Waals surface area contributed by atoms with E-state index in [2.05, 4.69) is 30.7 Å². The van der Waals surface area contributed by atoms with Gasteiger partial charge in [-0.3, -0.25) is 9.36 Å². The van der Waals surface area contributed by atoms with Crippen LogP contribution in [0.25, 0.3) is 16.9 Å². The number of aromatic nitrogens is 4. The molecule has 2 aromatic carbocycles. The molecule has 0 saturated carbocycles. The Bertz CT molecular complexity index is 1490. The fraction of sp³-hybridized carbons (Fsp3) is 0.286. The molecule has 0 atom stereocenters. The first kappa shape index (κ1) is 25.5. The third kappa shape index (κ3) is 5.16. The van der Waals surface area contributed by atoms with Crippen LogP contribution in [0.1, 0.15) is 49.1 Å². The number of nitrogens with zero attached hydrogens (tertiary/aromatic N) is 4. The molecule has 8 heteroatoms. The molecule has 186 valence electrons. The van der Waals surface area contributed by atoms with Gasteiger partial charge >= 0.3 is 0 Å². The first-order valence-corrected chi connectivity index (χ1v) is 12.0. The van der Waals surface area contributed by atoms with Crippen LogP contribution in [-0.2, 0) is 12.0 Å². The van der Waals surface area contributed by atoms with Gasteiger partial charge in [-0.1, -0.05) is 56.6 Å². The molecule has 6 nitrogen and oxygen atoms in total. The molecule has 0 unspecified atom stereocenters. The van der Waals surface area contributed by atoms with Crippen molar-refractivity contribution in [3.8, 4) is 22.8 Å². The van der Waals surface area contributed by atoms with Gasteiger partial charge in [0.05, 0.1) is 11.4 Å². The maximum absolute atomic E-state index is 13.4. The highest BCUT2D eigenvalue weighted by molar-refractivity contribution is 6.31. The van der Waals surface area contributed by atoms with Crippen LogP contribution in [0.3, 0.4) is 0 Å². The van der Waals surface area contributed by atoms with Crippen LogP contribution in [0, 0.1) is 26.6 Å². The van der Waals surface area contributed by atoms with Crippen molar-refractivity contribution in [2.24, 2.45) is 0 Å². The monoisotopic (exact) mass is 506 g/mol. The van der Waals surface area contributed by atoms with Gasteiger partial charge in [-0.25, -0.2) is 14.4 Å². The summed E-state index contributed by atoms with van der Waals surface area (Å²) in [5.74, 6) is 0.868. The molecule has 0 fully saturated rings. The third-order valence-corrected chi connectivity index (χ3v) is 6.14. The van der Waals surface area contributed by atoms with Crippen molar-refractivity contribution in [2.75, 3.05) is 0 Å². The zero-order valence-corrected chi connectivity index (χ0v) is 21.9. The molecule has 0 aliphatic carbocycles. The summed E-state index contributed by atoms with van der Waals surface area (Å²) in [5.41, 5.74) is 4.23. The maximum atomic E-state index is 13.4. The second-order valence-corrected chi connectivity index (χ2v) is 10.2. The van der Waals surface area contributed by atoms with E-state index in [0.717, 1.165) is 33.8 Å². The summed E-state index contributed by atoms with van der Waals surface area (Å²) in [5, 5.41) is -0.124. The topological polar surface area (TPSA) is 69.9 Å². The van der Waals surface area contributed by atoms with Crippen molar-refractivity contribution in [2.45, 2.75) is 53.6 Å². The molecule has 0 aliphatic rings. The Labute approximate surface area is 214 Å². The lowest BCUT2D eigenvalue weighted by Crippen LogP contribution is -2.24. The SMILES string of the molecule is Cc1ccc(-c2nc(C(C)(C)C)ncc2C)cc1-n1c(C)nc(OCc2ccc(F)cc2)c(Cl)c1=O. The fourth-order valence-electron chi connectivity index (χ4n) is 3.79. The largest absolute Gasteiger partial charge is 0.472 e. The predicted molar refractivity (Wildman–Crippen MR) is 140 cm³/mol. The van der Waals surface area contributed by atoms with Crippen molar-refractivity contribution in [1.82, 2.24) is 19.5 Å². The van der Waals surface area contributed by atoms with E-state index in [1.165, 1.54) is 16.7 Å². The van der Waals surface area contributed by atoms with Crippen LogP contribution in [-0.4, -0.2) is 19.5 Å². The summed E-state index contributed by atoms with van der Waals surface area (Å²) in [6.07, 6.45) is 1.82. The van der Waals surface area contributed by atoms with Crippen molar-refractivity contribution in [3.63, 3.8) is 0 Å². The number of halogens is 2. The van der Waals surface area contributed by atoms with E-state index in [-0.39, 0.29) is 28.7 Å². The van der Waals surface area contributed by atoms with Gasteiger partial charge in [-0.15, -0.1) is 0 Å². The van der Waals surface area contributed by atoms with E-state index in [4.69, 9.17) is 21.3 Å². The molecule has 2 aromatic heterocycles. The smallest absolute Gasteiger partial charge is 0.280 e. The summed E-state index contributed by atoms with van der Waals surface area (Å²) < 4.78 is 20.3. The van der Waals surface area contributed by atoms with Crippen molar-refractivity contribution >= 4 is 11.6 Å². The van der Waals surface area contributed by atoms with Gasteiger partial charge in [0.25, 0.3) is 5.56 Å². The summed E-state index contributed by atoms with van der Waals surface area (Å²) >= 11 is 6.42. The molecule has 2 heterocycles. The highest BCUT2D eigenvalue weighted by Crippen LogP contribution is 2.29. The lowest BCUT2D eigenvalue weighted by Gasteiger charge is -2.19. The van der Waals surface area contributed by atoms with Crippen LogP contribution in [0.15, 0.2) is 53.5 Å². The van der Waals surface area contributed by atoms with E-state index in [9.17, 15) is 9.18 Å². The van der Waals surface area contributed by atoms with Gasteiger partial charge in [-0.2, -0.15) is 4.98 Å². The molecule has 4 rings (SSSR count). The lowest BCUT2D eigenvalue weighted by molar-refractivity contribution is 0.291. The van der Waals surface area contributed by atoms with Gasteiger partial charge in [0.2, 0.25) is 5.88 Å². The first-order valence-electron chi connectivity index (χ1n) is 11.6. The van der Waals surface area contributed by atoms with E-state index in [0.29, 0.717) is 11.5 Å². The molecule has 0 radical (unpaired) electrons. The number of hydrogen-bond donors (Lipinski definition) is 0. The Kier molecular flexibility index (Phi) is 6.96. The van der Waals surface area contributed by atoms with Crippen molar-refractivity contribution in [3.05, 3.63) is 98.2 Å². The minimum Gasteiger partial charge on any atom is -0.472 e. The summed E-state index contributed by atoms with van der Waals surface area (Å²) in [6.45, 7) is 11.9. The number of aryl methyl sites for hydroxylation is 3. The van der Waals surface area contributed by atoms with Crippen LogP contribution in [0.4, 0.5) is 4.39 Å². The molecular formula is C28H28ClFN4O2. The van der Waals surface area contributed by atoms with Crippen molar-refractivity contribution < 1.29 is 9.13 Å². The minimum atomic E-state index is -0.437. The van der Waals surface area contributed by atoms with Crippen LogP contribution >= 0.6 is 11.6 Å². The highest BCUT2D eigenvalue weighted by Gasteiger charge is 2.21. The Hall–Kier alpha value is -3.58. The maximum Gasteiger partial charge on any atom is 0.280 e. The number of ether oxygens (including phenoxy) is 1. The fourth-order valence-corrected chi connectivity index (χ4v) is 3.97. The van der Waals surface area contributed by atoms with Gasteiger partial charge in [-0.05, 0) is 55.7 Å². The van der Waals surface area contributed by atoms with Gasteiger partial charge in [0, 0.05) is 17.2 Å². The molecule has 0 N–H and O–H groups in total. The quantitative estimate of drug-likeness (QED) is 0.318. The summed E-state index contributed by atoms with van der Waals surface area (Å²) in [7, 11) is 0. The van der Waals surface area contributed by atoms with Gasteiger partial charge in [0.15, 0.2) is 5.02 Å². The number of benzene rings is 2. The second kappa shape index (κ2) is 9.82. The van der Waals surface area contributed by atoms with E-state index in [1.807, 2.05) is 38.2 Å². The minimum absolute atomic E-state index is 0.0370. The predicted octanol–water partition coefficient (Wildman–Crippen LogP) is 6.28. The van der Waals surface area contributed by atoms with E-state index in [1.54, 1.807) is 19.1 Å². The zero-order chi connectivity index (χ0) is 26.2. The molecule has 36 heavy (non-hydrogen) atoms. The van der Waals surface area contributed by atoms with Crippen LogP contribution in [0.5, 0.6) is 5.88 Å². The Balaban J connectivity index is 1.75. The standard InChI is InChI=1S/C28H28ClFN4O2/c1-16-7-10-20(24-17(2)14-31-27(33-24)28(4,5)6)13-22(16)34-18(3)32-25(23(29)26(34)35)36-15-19-8-11-21(30)12-9-19/h7-14H,15H2,1-6H3. The lowest BCUT2D eigenvalue weighted by atomic mass is 9.95. The Morgan fingerprint density at radius 2 is 1.69 bits per heavy atom. The van der Waals surface area contributed by atoms with E-state index < -0.39 is 5.56 Å². The number of hydrogen-bond acceptors (Lipinski definition) is 5. The molecule has 4 aromatic rings. The average molecular weight is 507 g/mol. The summed E-state index contributed by atoms with van der Waals surface area (Å²) in [6, 6.07) is 11.7. The third-order valence-electron chi connectivity index (χ3n) is 5.82. The van der Waals surface area contributed by atoms with E-state index >= 15 is 0 Å². The normalized spacial score (nSPS) is 11.6.